The molecular formula is C12H15N5O3S. The molecule has 21 heavy (non-hydrogen) atoms. The third kappa shape index (κ3) is 3.38. The van der Waals surface area contributed by atoms with Gasteiger partial charge in [0.15, 0.2) is 0 Å². The molecule has 0 aliphatic carbocycles. The highest BCUT2D eigenvalue weighted by Gasteiger charge is 2.26. The van der Waals surface area contributed by atoms with Crippen molar-refractivity contribution >= 4 is 27.4 Å². The van der Waals surface area contributed by atoms with E-state index in [2.05, 4.69) is 15.5 Å². The molecule has 0 saturated heterocycles. The Kier molecular flexibility index (Phi) is 4.24. The fourth-order valence-electron chi connectivity index (χ4n) is 1.67. The number of rotatable bonds is 5. The molecule has 2 aromatic rings. The van der Waals surface area contributed by atoms with Gasteiger partial charge in [0.25, 0.3) is 0 Å². The molecule has 0 saturated carbocycles. The first kappa shape index (κ1) is 15.0. The molecule has 112 valence electrons. The predicted molar refractivity (Wildman–Crippen MR) is 77.9 cm³/mol. The van der Waals surface area contributed by atoms with Crippen molar-refractivity contribution in [3.05, 3.63) is 36.5 Å². The summed E-state index contributed by atoms with van der Waals surface area (Å²) in [6, 6.07) is 8.76. The zero-order chi connectivity index (χ0) is 15.5. The zero-order valence-electron chi connectivity index (χ0n) is 11.3. The number of aromatic nitrogens is 2. The minimum absolute atomic E-state index is 0.0645. The number of nitrogens with one attached hydrogen (secondary N) is 2. The molecule has 0 unspecified atom stereocenters. The van der Waals surface area contributed by atoms with Crippen LogP contribution in [0.4, 0.5) is 11.5 Å². The van der Waals surface area contributed by atoms with E-state index in [1.165, 1.54) is 7.05 Å². The van der Waals surface area contributed by atoms with Crippen LogP contribution >= 0.6 is 0 Å². The molecule has 0 radical (unpaired) electrons. The van der Waals surface area contributed by atoms with Crippen LogP contribution in [0.15, 0.2) is 41.4 Å². The molecule has 0 aliphatic heterocycles. The van der Waals surface area contributed by atoms with Gasteiger partial charge in [0.05, 0.1) is 12.7 Å². The van der Waals surface area contributed by atoms with Crippen molar-refractivity contribution in [1.82, 2.24) is 14.5 Å². The monoisotopic (exact) mass is 309 g/mol. The van der Waals surface area contributed by atoms with Gasteiger partial charge in [-0.1, -0.05) is 18.2 Å². The smallest absolute Gasteiger partial charge is 0.248 e. The van der Waals surface area contributed by atoms with Crippen LogP contribution in [-0.2, 0) is 14.8 Å². The van der Waals surface area contributed by atoms with E-state index in [9.17, 15) is 13.2 Å². The van der Waals surface area contributed by atoms with Gasteiger partial charge in [0.1, 0.15) is 10.7 Å². The average molecular weight is 309 g/mol. The van der Waals surface area contributed by atoms with E-state index in [4.69, 9.17) is 5.73 Å². The van der Waals surface area contributed by atoms with Crippen LogP contribution in [0.3, 0.4) is 0 Å². The van der Waals surface area contributed by atoms with Crippen molar-refractivity contribution in [2.75, 3.05) is 24.6 Å². The van der Waals surface area contributed by atoms with Gasteiger partial charge in [0, 0.05) is 12.7 Å². The Bertz CT molecular complexity index is 726. The number of nitrogens with zero attached hydrogens (tertiary/aromatic N) is 2. The quantitative estimate of drug-likeness (QED) is 0.731. The van der Waals surface area contributed by atoms with E-state index < -0.39 is 15.9 Å². The van der Waals surface area contributed by atoms with Gasteiger partial charge in [-0.3, -0.25) is 9.89 Å². The maximum atomic E-state index is 12.2. The normalized spacial score (nSPS) is 11.5. The number of anilines is 2. The van der Waals surface area contributed by atoms with E-state index in [1.54, 1.807) is 24.3 Å². The van der Waals surface area contributed by atoms with Crippen molar-refractivity contribution in [3.63, 3.8) is 0 Å². The number of likely N-dealkylation sites (N-methyl/N-ethyl adjacent to an activating group) is 1. The number of aromatic amines is 1. The maximum absolute atomic E-state index is 12.2. The lowest BCUT2D eigenvalue weighted by Gasteiger charge is -2.16. The van der Waals surface area contributed by atoms with Crippen molar-refractivity contribution in [2.24, 2.45) is 0 Å². The van der Waals surface area contributed by atoms with Gasteiger partial charge >= 0.3 is 0 Å². The summed E-state index contributed by atoms with van der Waals surface area (Å²) in [6.45, 7) is -0.332. The maximum Gasteiger partial charge on any atom is 0.248 e. The molecule has 2 rings (SSSR count). The molecule has 0 atom stereocenters. The Morgan fingerprint density at radius 3 is 2.62 bits per heavy atom. The Morgan fingerprint density at radius 2 is 2.05 bits per heavy atom. The third-order valence-corrected chi connectivity index (χ3v) is 4.58. The van der Waals surface area contributed by atoms with E-state index in [-0.39, 0.29) is 17.3 Å². The van der Waals surface area contributed by atoms with E-state index >= 15 is 0 Å². The number of carbonyl (C=O) groups is 1. The first-order chi connectivity index (χ1) is 9.91. The molecule has 4 N–H and O–H groups in total. The van der Waals surface area contributed by atoms with Gasteiger partial charge in [-0.15, -0.1) is 0 Å². The standard InChI is InChI=1S/C12H15N5O3S/c1-17(21(19,20)10-7-14-16-12(10)13)8-11(18)15-9-5-3-2-4-6-9/h2-7H,8H2,1H3,(H,15,18)(H3,13,14,16). The highest BCUT2D eigenvalue weighted by molar-refractivity contribution is 7.89. The van der Waals surface area contributed by atoms with Gasteiger partial charge in [-0.2, -0.15) is 9.40 Å². The van der Waals surface area contributed by atoms with Crippen molar-refractivity contribution in [2.45, 2.75) is 4.90 Å². The summed E-state index contributed by atoms with van der Waals surface area (Å²) >= 11 is 0. The van der Waals surface area contributed by atoms with Gasteiger partial charge < -0.3 is 11.1 Å². The molecular weight excluding hydrogens is 294 g/mol. The Labute approximate surface area is 122 Å². The molecule has 1 aromatic heterocycles. The summed E-state index contributed by atoms with van der Waals surface area (Å²) in [5.41, 5.74) is 6.09. The minimum Gasteiger partial charge on any atom is -0.383 e. The number of carbonyl (C=O) groups excluding carboxylic acids is 1. The molecule has 1 amide bonds. The number of hydrogen-bond donors (Lipinski definition) is 3. The Morgan fingerprint density at radius 1 is 1.38 bits per heavy atom. The number of nitrogens with two attached hydrogens (primary N) is 1. The average Bonchev–Trinajstić information content (AvgIpc) is 2.86. The van der Waals surface area contributed by atoms with Gasteiger partial charge in [0.2, 0.25) is 15.9 Å². The Balaban J connectivity index is 2.06. The summed E-state index contributed by atoms with van der Waals surface area (Å²) in [5, 5.41) is 8.51. The number of hydrogen-bond acceptors (Lipinski definition) is 5. The third-order valence-electron chi connectivity index (χ3n) is 2.74. The molecule has 0 fully saturated rings. The summed E-state index contributed by atoms with van der Waals surface area (Å²) in [5.74, 6) is -0.514. The van der Waals surface area contributed by atoms with Crippen LogP contribution in [0.5, 0.6) is 0 Å². The van der Waals surface area contributed by atoms with Crippen LogP contribution in [0.25, 0.3) is 0 Å². The molecule has 1 heterocycles. The highest BCUT2D eigenvalue weighted by atomic mass is 32.2. The van der Waals surface area contributed by atoms with E-state index in [0.717, 1.165) is 10.5 Å². The number of benzene rings is 1. The first-order valence-electron chi connectivity index (χ1n) is 6.01. The van der Waals surface area contributed by atoms with Crippen molar-refractivity contribution in [3.8, 4) is 0 Å². The second kappa shape index (κ2) is 5.94. The lowest BCUT2D eigenvalue weighted by Crippen LogP contribution is -2.35. The fraction of sp³-hybridized carbons (Fsp3) is 0.167. The van der Waals surface area contributed by atoms with Gasteiger partial charge in [-0.25, -0.2) is 8.42 Å². The van der Waals surface area contributed by atoms with Crippen LogP contribution in [0, 0.1) is 0 Å². The lowest BCUT2D eigenvalue weighted by atomic mass is 10.3. The van der Waals surface area contributed by atoms with Crippen LogP contribution in [-0.4, -0.2) is 42.4 Å². The second-order valence-corrected chi connectivity index (χ2v) is 6.34. The molecule has 0 bridgehead atoms. The van der Waals surface area contributed by atoms with E-state index in [0.29, 0.717) is 5.69 Å². The molecule has 1 aromatic carbocycles. The number of amides is 1. The lowest BCUT2D eigenvalue weighted by molar-refractivity contribution is -0.116. The Hall–Kier alpha value is -2.39. The molecule has 0 aliphatic rings. The summed E-state index contributed by atoms with van der Waals surface area (Å²) in [6.07, 6.45) is 1.11. The van der Waals surface area contributed by atoms with Gasteiger partial charge in [-0.05, 0) is 12.1 Å². The molecule has 9 heteroatoms. The van der Waals surface area contributed by atoms with E-state index in [1.807, 2.05) is 6.07 Å². The largest absolute Gasteiger partial charge is 0.383 e. The predicted octanol–water partition coefficient (Wildman–Crippen LogP) is 0.251. The fourth-order valence-corrected chi connectivity index (χ4v) is 2.80. The molecule has 0 spiro atoms. The van der Waals surface area contributed by atoms with Crippen LogP contribution < -0.4 is 11.1 Å². The molecule has 8 nitrogen and oxygen atoms in total. The SMILES string of the molecule is CN(CC(=O)Nc1ccccc1)S(=O)(=O)c1cn[nH]c1N. The highest BCUT2D eigenvalue weighted by Crippen LogP contribution is 2.18. The van der Waals surface area contributed by atoms with Crippen molar-refractivity contribution < 1.29 is 13.2 Å². The van der Waals surface area contributed by atoms with Crippen LogP contribution in [0.1, 0.15) is 0 Å². The second-order valence-electron chi connectivity index (χ2n) is 4.32. The summed E-state index contributed by atoms with van der Waals surface area (Å²) in [7, 11) is -2.56. The number of para-hydroxylation sites is 1. The zero-order valence-corrected chi connectivity index (χ0v) is 12.1. The number of sulfonamides is 1. The topological polar surface area (TPSA) is 121 Å². The minimum atomic E-state index is -3.86. The van der Waals surface area contributed by atoms with Crippen LogP contribution in [0.2, 0.25) is 0 Å². The van der Waals surface area contributed by atoms with Crippen molar-refractivity contribution in [1.29, 1.82) is 0 Å². The first-order valence-corrected chi connectivity index (χ1v) is 7.45. The summed E-state index contributed by atoms with van der Waals surface area (Å²) in [4.78, 5) is 11.7. The number of nitrogen functional groups attached to an aromatic ring is 1. The summed E-state index contributed by atoms with van der Waals surface area (Å²) < 4.78 is 25.3. The number of H-pyrrole nitrogens is 1.